The van der Waals surface area contributed by atoms with Gasteiger partial charge in [0.2, 0.25) is 0 Å². The first-order chi connectivity index (χ1) is 10.3. The lowest BCUT2D eigenvalue weighted by Gasteiger charge is -2.31. The fraction of sp³-hybridized carbons (Fsp3) is 0.167. The van der Waals surface area contributed by atoms with Gasteiger partial charge in [0.05, 0.1) is 0 Å². The topological polar surface area (TPSA) is 16.1 Å². The number of halogens is 2. The van der Waals surface area contributed by atoms with Gasteiger partial charge in [0.25, 0.3) is 0 Å². The number of aromatic nitrogens is 1. The molecule has 0 saturated heterocycles. The third-order valence-electron chi connectivity index (χ3n) is 4.17. The van der Waals surface area contributed by atoms with E-state index in [9.17, 15) is 4.39 Å². The van der Waals surface area contributed by atoms with Crippen LogP contribution in [0, 0.1) is 5.82 Å². The monoisotopic (exact) mass is 314 g/mol. The zero-order valence-corrected chi connectivity index (χ0v) is 12.8. The molecule has 0 aliphatic carbocycles. The number of para-hydroxylation sites is 1. The summed E-state index contributed by atoms with van der Waals surface area (Å²) in [7, 11) is 0. The maximum absolute atomic E-state index is 13.9. The fourth-order valence-electron chi connectivity index (χ4n) is 3.10. The summed E-state index contributed by atoms with van der Waals surface area (Å²) < 4.78 is 13.9. The van der Waals surface area contributed by atoms with Crippen molar-refractivity contribution in [1.29, 1.82) is 0 Å². The quantitative estimate of drug-likeness (QED) is 0.663. The second-order valence-electron chi connectivity index (χ2n) is 5.41. The van der Waals surface area contributed by atoms with Crippen molar-refractivity contribution in [2.45, 2.75) is 13.0 Å². The Balaban J connectivity index is 0.00000144. The van der Waals surface area contributed by atoms with Gasteiger partial charge in [-0.1, -0.05) is 36.4 Å². The molecule has 0 saturated carbocycles. The zero-order valence-electron chi connectivity index (χ0n) is 12.0. The van der Waals surface area contributed by atoms with Crippen molar-refractivity contribution in [2.75, 3.05) is 11.4 Å². The first-order valence-electron chi connectivity index (χ1n) is 7.18. The summed E-state index contributed by atoms with van der Waals surface area (Å²) in [5, 5.41) is 0.886. The van der Waals surface area contributed by atoms with Crippen LogP contribution < -0.4 is 4.90 Å². The van der Waals surface area contributed by atoms with E-state index in [-0.39, 0.29) is 18.2 Å². The molecule has 0 fully saturated rings. The second-order valence-corrected chi connectivity index (χ2v) is 5.41. The van der Waals surface area contributed by atoms with Gasteiger partial charge in [-0.2, -0.15) is 0 Å². The van der Waals surface area contributed by atoms with Gasteiger partial charge in [0.1, 0.15) is 11.3 Å². The molecule has 2 aromatic carbocycles. The maximum Gasteiger partial charge on any atom is 0.149 e. The van der Waals surface area contributed by atoms with Crippen LogP contribution in [0.25, 0.3) is 10.9 Å². The highest BCUT2D eigenvalue weighted by Gasteiger charge is 2.18. The summed E-state index contributed by atoms with van der Waals surface area (Å²) in [4.78, 5) is 6.49. The molecular weight excluding hydrogens is 299 g/mol. The van der Waals surface area contributed by atoms with Crippen molar-refractivity contribution >= 4 is 29.0 Å². The molecule has 1 aromatic heterocycles. The third-order valence-corrected chi connectivity index (χ3v) is 4.17. The molecular formula is C18H16ClFN2. The van der Waals surface area contributed by atoms with Crippen LogP contribution in [0.3, 0.4) is 0 Å². The van der Waals surface area contributed by atoms with Crippen molar-refractivity contribution in [3.05, 3.63) is 71.7 Å². The van der Waals surface area contributed by atoms with E-state index >= 15 is 0 Å². The molecule has 1 aliphatic rings. The lowest BCUT2D eigenvalue weighted by Crippen LogP contribution is -2.30. The molecule has 112 valence electrons. The van der Waals surface area contributed by atoms with Gasteiger partial charge in [-0.15, -0.1) is 12.4 Å². The van der Waals surface area contributed by atoms with E-state index in [4.69, 9.17) is 0 Å². The number of hydrogen-bond acceptors (Lipinski definition) is 2. The molecule has 2 heterocycles. The average Bonchev–Trinajstić information content (AvgIpc) is 2.54. The molecule has 3 aromatic rings. The molecule has 0 radical (unpaired) electrons. The predicted molar refractivity (Wildman–Crippen MR) is 90.1 cm³/mol. The Bertz CT molecular complexity index is 819. The molecule has 0 bridgehead atoms. The van der Waals surface area contributed by atoms with E-state index in [0.29, 0.717) is 5.52 Å². The van der Waals surface area contributed by atoms with Gasteiger partial charge in [-0.3, -0.25) is 4.98 Å². The van der Waals surface area contributed by atoms with Crippen LogP contribution in [-0.4, -0.2) is 11.5 Å². The van der Waals surface area contributed by atoms with Crippen LogP contribution in [0.4, 0.5) is 10.1 Å². The van der Waals surface area contributed by atoms with Crippen molar-refractivity contribution in [2.24, 2.45) is 0 Å². The largest absolute Gasteiger partial charge is 0.366 e. The van der Waals surface area contributed by atoms with Crippen LogP contribution in [0.5, 0.6) is 0 Å². The van der Waals surface area contributed by atoms with Gasteiger partial charge in [0.15, 0.2) is 0 Å². The van der Waals surface area contributed by atoms with Crippen LogP contribution in [-0.2, 0) is 13.0 Å². The van der Waals surface area contributed by atoms with Crippen molar-refractivity contribution in [1.82, 2.24) is 4.98 Å². The van der Waals surface area contributed by atoms with Gasteiger partial charge < -0.3 is 4.90 Å². The Labute approximate surface area is 135 Å². The summed E-state index contributed by atoms with van der Waals surface area (Å²) in [6, 6.07) is 15.7. The molecule has 4 rings (SSSR count). The average molecular weight is 315 g/mol. The highest BCUT2D eigenvalue weighted by molar-refractivity contribution is 5.91. The molecule has 4 heteroatoms. The Morgan fingerprint density at radius 2 is 1.77 bits per heavy atom. The number of rotatable bonds is 1. The van der Waals surface area contributed by atoms with E-state index in [1.165, 1.54) is 17.2 Å². The van der Waals surface area contributed by atoms with E-state index < -0.39 is 0 Å². The third kappa shape index (κ3) is 2.42. The summed E-state index contributed by atoms with van der Waals surface area (Å²) in [5.41, 5.74) is 4.28. The minimum Gasteiger partial charge on any atom is -0.366 e. The van der Waals surface area contributed by atoms with Crippen LogP contribution in [0.2, 0.25) is 0 Å². The highest BCUT2D eigenvalue weighted by Crippen LogP contribution is 2.30. The number of fused-ring (bicyclic) bond motifs is 2. The lowest BCUT2D eigenvalue weighted by molar-refractivity contribution is 0.636. The summed E-state index contributed by atoms with van der Waals surface area (Å²) in [6.07, 6.45) is 2.72. The minimum absolute atomic E-state index is 0. The first kappa shape index (κ1) is 14.8. The molecule has 0 spiro atoms. The number of nitrogens with zero attached hydrogens (tertiary/aromatic N) is 2. The zero-order chi connectivity index (χ0) is 14.2. The summed E-state index contributed by atoms with van der Waals surface area (Å²) in [5.74, 6) is -0.258. The Morgan fingerprint density at radius 3 is 2.64 bits per heavy atom. The second kappa shape index (κ2) is 5.93. The van der Waals surface area contributed by atoms with E-state index in [1.54, 1.807) is 12.3 Å². The number of benzene rings is 2. The molecule has 2 nitrogen and oxygen atoms in total. The van der Waals surface area contributed by atoms with Gasteiger partial charge in [-0.05, 0) is 29.7 Å². The molecule has 0 N–H and O–H groups in total. The highest BCUT2D eigenvalue weighted by atomic mass is 35.5. The van der Waals surface area contributed by atoms with Gasteiger partial charge in [-0.25, -0.2) is 4.39 Å². The molecule has 0 amide bonds. The van der Waals surface area contributed by atoms with E-state index in [0.717, 1.165) is 30.6 Å². The standard InChI is InChI=1S/C18H15FN2.ClH/c19-16-7-3-6-15-17(8-10-20-18(15)16)21-11-9-13-4-1-2-5-14(13)12-21;/h1-8,10H,9,11-12H2;1H. The smallest absolute Gasteiger partial charge is 0.149 e. The van der Waals surface area contributed by atoms with Crippen molar-refractivity contribution in [3.8, 4) is 0 Å². The Kier molecular flexibility index (Phi) is 3.99. The van der Waals surface area contributed by atoms with Gasteiger partial charge in [0, 0.05) is 30.4 Å². The summed E-state index contributed by atoms with van der Waals surface area (Å²) in [6.45, 7) is 1.82. The maximum atomic E-state index is 13.9. The molecule has 1 aliphatic heterocycles. The summed E-state index contributed by atoms with van der Waals surface area (Å²) >= 11 is 0. The Hall–Kier alpha value is -2.13. The van der Waals surface area contributed by atoms with Crippen molar-refractivity contribution in [3.63, 3.8) is 0 Å². The van der Waals surface area contributed by atoms with E-state index in [2.05, 4.69) is 34.1 Å². The molecule has 0 unspecified atom stereocenters. The first-order valence-corrected chi connectivity index (χ1v) is 7.18. The van der Waals surface area contributed by atoms with Crippen LogP contribution >= 0.6 is 12.4 Å². The Morgan fingerprint density at radius 1 is 0.955 bits per heavy atom. The predicted octanol–water partition coefficient (Wildman–Crippen LogP) is 4.36. The number of anilines is 1. The fourth-order valence-corrected chi connectivity index (χ4v) is 3.10. The van der Waals surface area contributed by atoms with Crippen LogP contribution in [0.1, 0.15) is 11.1 Å². The SMILES string of the molecule is Cl.Fc1cccc2c(N3CCc4ccccc4C3)ccnc12. The molecule has 22 heavy (non-hydrogen) atoms. The lowest BCUT2D eigenvalue weighted by atomic mass is 9.99. The molecule has 0 atom stereocenters. The number of pyridine rings is 1. The normalized spacial score (nSPS) is 13.6. The van der Waals surface area contributed by atoms with Crippen LogP contribution in [0.15, 0.2) is 54.7 Å². The number of hydrogen-bond donors (Lipinski definition) is 0. The minimum atomic E-state index is -0.258. The van der Waals surface area contributed by atoms with E-state index in [1.807, 2.05) is 12.1 Å². The van der Waals surface area contributed by atoms with Crippen molar-refractivity contribution < 1.29 is 4.39 Å². The van der Waals surface area contributed by atoms with Gasteiger partial charge >= 0.3 is 0 Å².